The Morgan fingerprint density at radius 1 is 1.43 bits per heavy atom. The second-order valence-corrected chi connectivity index (χ2v) is 8.16. The van der Waals surface area contributed by atoms with Gasteiger partial charge >= 0.3 is 5.69 Å². The van der Waals surface area contributed by atoms with Gasteiger partial charge in [-0.25, -0.2) is 19.0 Å². The van der Waals surface area contributed by atoms with E-state index in [1.165, 1.54) is 0 Å². The highest BCUT2D eigenvalue weighted by Gasteiger charge is 2.30. The third kappa shape index (κ3) is 3.51. The average molecular weight is 334 g/mol. The Kier molecular flexibility index (Phi) is 4.81. The molecule has 0 bridgehead atoms. The first-order chi connectivity index (χ1) is 9.85. The number of hydrogen-bond donors (Lipinski definition) is 3. The molecule has 1 aromatic rings. The smallest absolute Gasteiger partial charge is 0.306 e. The second-order valence-electron chi connectivity index (χ2n) is 5.17. The summed E-state index contributed by atoms with van der Waals surface area (Å²) >= 11 is 0.756. The lowest BCUT2D eigenvalue weighted by atomic mass is 9.87. The maximum absolute atomic E-state index is 12.4. The van der Waals surface area contributed by atoms with Gasteiger partial charge in [0.2, 0.25) is 0 Å². The highest BCUT2D eigenvalue weighted by Crippen LogP contribution is 2.36. The monoisotopic (exact) mass is 334 g/mol. The first-order valence-corrected chi connectivity index (χ1v) is 8.92. The number of nitro groups is 1. The molecular weight excluding hydrogens is 316 g/mol. The van der Waals surface area contributed by atoms with Crippen LogP contribution in [0.1, 0.15) is 32.6 Å². The lowest BCUT2D eigenvalue weighted by Crippen LogP contribution is -2.40. The topological polar surface area (TPSA) is 127 Å². The maximum atomic E-state index is 12.4. The number of nitrogen functional groups attached to an aromatic ring is 1. The zero-order valence-corrected chi connectivity index (χ0v) is 13.2. The summed E-state index contributed by atoms with van der Waals surface area (Å²) in [6.45, 7) is 2.01. The Morgan fingerprint density at radius 2 is 2.10 bits per heavy atom. The first-order valence-electron chi connectivity index (χ1n) is 6.62. The molecule has 2 atom stereocenters. The van der Waals surface area contributed by atoms with Gasteiger partial charge in [-0.1, -0.05) is 31.1 Å². The lowest BCUT2D eigenvalue weighted by Gasteiger charge is -2.28. The Morgan fingerprint density at radius 3 is 2.62 bits per heavy atom. The standard InChI is InChI=1S/C11H18N4O4S2/c1-7-4-2-3-5-8(7)14-21(18,19)10-6-9(15(16)17)11(13-12)20-10/h6-8,13-14H,2-5,12H2,1H3. The quantitative estimate of drug-likeness (QED) is 0.428. The molecule has 1 aliphatic carbocycles. The SMILES string of the molecule is CC1CCCCC1NS(=O)(=O)c1cc([N+](=O)[O-])c(NN)s1. The molecule has 8 nitrogen and oxygen atoms in total. The largest absolute Gasteiger partial charge is 0.310 e. The first kappa shape index (κ1) is 16.1. The van der Waals surface area contributed by atoms with Gasteiger partial charge in [0.1, 0.15) is 4.21 Å². The molecule has 1 fully saturated rings. The van der Waals surface area contributed by atoms with Gasteiger partial charge < -0.3 is 5.43 Å². The summed E-state index contributed by atoms with van der Waals surface area (Å²) in [6.07, 6.45) is 3.85. The van der Waals surface area contributed by atoms with E-state index in [1.54, 1.807) is 0 Å². The van der Waals surface area contributed by atoms with Crippen molar-refractivity contribution in [3.05, 3.63) is 16.2 Å². The van der Waals surface area contributed by atoms with Crippen molar-refractivity contribution >= 4 is 32.0 Å². The van der Waals surface area contributed by atoms with E-state index in [0.29, 0.717) is 0 Å². The molecule has 0 amide bonds. The normalized spacial score (nSPS) is 23.0. The molecule has 0 spiro atoms. The van der Waals surface area contributed by atoms with E-state index in [1.807, 2.05) is 6.92 Å². The van der Waals surface area contributed by atoms with Gasteiger partial charge in [-0.2, -0.15) is 0 Å². The van der Waals surface area contributed by atoms with E-state index in [9.17, 15) is 18.5 Å². The van der Waals surface area contributed by atoms with Crippen LogP contribution in [0.4, 0.5) is 10.7 Å². The number of sulfonamides is 1. The van der Waals surface area contributed by atoms with Crippen molar-refractivity contribution in [2.75, 3.05) is 5.43 Å². The van der Waals surface area contributed by atoms with Crippen LogP contribution in [0.5, 0.6) is 0 Å². The van der Waals surface area contributed by atoms with Crippen LogP contribution < -0.4 is 16.0 Å². The number of nitrogens with zero attached hydrogens (tertiary/aromatic N) is 1. The van der Waals surface area contributed by atoms with Crippen molar-refractivity contribution in [2.45, 2.75) is 42.9 Å². The number of hydrogen-bond acceptors (Lipinski definition) is 7. The number of rotatable bonds is 5. The molecule has 118 valence electrons. The fourth-order valence-electron chi connectivity index (χ4n) is 2.48. The van der Waals surface area contributed by atoms with Gasteiger partial charge in [-0.3, -0.25) is 10.1 Å². The Balaban J connectivity index is 2.25. The molecule has 0 saturated heterocycles. The Bertz CT molecular complexity index is 628. The molecule has 4 N–H and O–H groups in total. The fourth-order valence-corrected chi connectivity index (χ4v) is 5.11. The predicted octanol–water partition coefficient (Wildman–Crippen LogP) is 1.80. The third-order valence-corrected chi connectivity index (χ3v) is 6.72. The zero-order chi connectivity index (χ0) is 15.6. The number of hydrazine groups is 1. The van der Waals surface area contributed by atoms with E-state index in [-0.39, 0.29) is 26.9 Å². The molecule has 1 aromatic heterocycles. The minimum atomic E-state index is -3.77. The lowest BCUT2D eigenvalue weighted by molar-refractivity contribution is -0.383. The van der Waals surface area contributed by atoms with Gasteiger partial charge in [0.25, 0.3) is 10.0 Å². The minimum absolute atomic E-state index is 0.0251. The van der Waals surface area contributed by atoms with Crippen LogP contribution in [-0.2, 0) is 10.0 Å². The van der Waals surface area contributed by atoms with Crippen LogP contribution in [0.15, 0.2) is 10.3 Å². The van der Waals surface area contributed by atoms with Crippen molar-refractivity contribution in [1.82, 2.24) is 4.72 Å². The third-order valence-electron chi connectivity index (χ3n) is 3.70. The van der Waals surface area contributed by atoms with E-state index < -0.39 is 14.9 Å². The van der Waals surface area contributed by atoms with Gasteiger partial charge in [-0.05, 0) is 18.8 Å². The number of nitrogens with two attached hydrogens (primary N) is 1. The zero-order valence-electron chi connectivity index (χ0n) is 11.5. The molecule has 21 heavy (non-hydrogen) atoms. The molecule has 2 unspecified atom stereocenters. The second kappa shape index (κ2) is 6.26. The van der Waals surface area contributed by atoms with Gasteiger partial charge in [0.15, 0.2) is 5.00 Å². The summed E-state index contributed by atoms with van der Waals surface area (Å²) in [5, 5.41) is 10.9. The van der Waals surface area contributed by atoms with Crippen LogP contribution in [0.3, 0.4) is 0 Å². The summed E-state index contributed by atoms with van der Waals surface area (Å²) in [5.74, 6) is 5.45. The van der Waals surface area contributed by atoms with Crippen LogP contribution in [0, 0.1) is 16.0 Å². The molecule has 0 radical (unpaired) electrons. The van der Waals surface area contributed by atoms with Crippen molar-refractivity contribution in [3.8, 4) is 0 Å². The summed E-state index contributed by atoms with van der Waals surface area (Å²) in [5.41, 5.74) is 1.83. The average Bonchev–Trinajstić information content (AvgIpc) is 2.86. The van der Waals surface area contributed by atoms with Crippen molar-refractivity contribution in [2.24, 2.45) is 11.8 Å². The fraction of sp³-hybridized carbons (Fsp3) is 0.636. The van der Waals surface area contributed by atoms with E-state index in [2.05, 4.69) is 10.1 Å². The molecule has 10 heteroatoms. The number of anilines is 1. The number of thiophene rings is 1. The van der Waals surface area contributed by atoms with Crippen LogP contribution in [-0.4, -0.2) is 19.4 Å². The summed E-state index contributed by atoms with van der Waals surface area (Å²) in [7, 11) is -3.77. The number of nitrogens with one attached hydrogen (secondary N) is 2. The van der Waals surface area contributed by atoms with Gasteiger partial charge in [-0.15, -0.1) is 0 Å². The molecule has 2 rings (SSSR count). The van der Waals surface area contributed by atoms with Crippen molar-refractivity contribution < 1.29 is 13.3 Å². The molecular formula is C11H18N4O4S2. The molecule has 1 heterocycles. The summed E-state index contributed by atoms with van der Waals surface area (Å²) < 4.78 is 27.3. The maximum Gasteiger partial charge on any atom is 0.306 e. The van der Waals surface area contributed by atoms with Gasteiger partial charge in [0, 0.05) is 12.1 Å². The molecule has 1 saturated carbocycles. The highest BCUT2D eigenvalue weighted by molar-refractivity contribution is 7.91. The Hall–Kier alpha value is -1.23. The van der Waals surface area contributed by atoms with Gasteiger partial charge in [0.05, 0.1) is 4.92 Å². The minimum Gasteiger partial charge on any atom is -0.310 e. The molecule has 0 aliphatic heterocycles. The predicted molar refractivity (Wildman–Crippen MR) is 80.5 cm³/mol. The van der Waals surface area contributed by atoms with Crippen LogP contribution in [0.2, 0.25) is 0 Å². The Labute approximate surface area is 126 Å². The van der Waals surface area contributed by atoms with Crippen LogP contribution in [0.25, 0.3) is 0 Å². The summed E-state index contributed by atoms with van der Waals surface area (Å²) in [6, 6.07) is 0.912. The van der Waals surface area contributed by atoms with Crippen LogP contribution >= 0.6 is 11.3 Å². The van der Waals surface area contributed by atoms with Crippen molar-refractivity contribution in [1.29, 1.82) is 0 Å². The van der Waals surface area contributed by atoms with E-state index in [4.69, 9.17) is 5.84 Å². The molecule has 0 aromatic carbocycles. The molecule has 1 aliphatic rings. The highest BCUT2D eigenvalue weighted by atomic mass is 32.2. The van der Waals surface area contributed by atoms with E-state index in [0.717, 1.165) is 43.1 Å². The van der Waals surface area contributed by atoms with Crippen molar-refractivity contribution in [3.63, 3.8) is 0 Å². The summed E-state index contributed by atoms with van der Waals surface area (Å²) in [4.78, 5) is 10.2. The van der Waals surface area contributed by atoms with E-state index >= 15 is 0 Å².